The molecule has 0 saturated carbocycles. The van der Waals surface area contributed by atoms with E-state index in [0.29, 0.717) is 11.3 Å². The van der Waals surface area contributed by atoms with Gasteiger partial charge in [-0.05, 0) is 51.0 Å². The van der Waals surface area contributed by atoms with Crippen LogP contribution in [0.1, 0.15) is 25.0 Å². The van der Waals surface area contributed by atoms with Crippen molar-refractivity contribution in [3.63, 3.8) is 0 Å². The van der Waals surface area contributed by atoms with Crippen molar-refractivity contribution in [2.75, 3.05) is 19.5 Å². The van der Waals surface area contributed by atoms with Crippen molar-refractivity contribution in [3.05, 3.63) is 23.3 Å². The zero-order valence-corrected chi connectivity index (χ0v) is 12.9. The molecule has 0 atom stereocenters. The van der Waals surface area contributed by atoms with E-state index >= 15 is 0 Å². The molecule has 0 heterocycles. The molecule has 0 bridgehead atoms. The number of methoxy groups -OCH3 is 1. The Morgan fingerprint density at radius 3 is 2.42 bits per heavy atom. The zero-order chi connectivity index (χ0) is 14.8. The van der Waals surface area contributed by atoms with Crippen LogP contribution in [0.2, 0.25) is 0 Å². The first kappa shape index (κ1) is 15.9. The molecular formula is C13H22N2O3S. The number of rotatable bonds is 5. The Kier molecular flexibility index (Phi) is 4.60. The first-order chi connectivity index (χ1) is 8.59. The fraction of sp³-hybridized carbons (Fsp3) is 0.538. The number of aryl methyl sites for hydroxylation is 1. The van der Waals surface area contributed by atoms with Gasteiger partial charge in [-0.15, -0.1) is 0 Å². The average molecular weight is 286 g/mol. The quantitative estimate of drug-likeness (QED) is 0.805. The van der Waals surface area contributed by atoms with Gasteiger partial charge < -0.3 is 10.5 Å². The SMILES string of the molecule is COCC(C)(C)NS(=O)(=O)c1cc(C)cc(N)c1C. The molecule has 0 fully saturated rings. The highest BCUT2D eigenvalue weighted by Gasteiger charge is 2.27. The first-order valence-corrected chi connectivity index (χ1v) is 7.47. The predicted octanol–water partition coefficient (Wildman–Crippen LogP) is 1.59. The van der Waals surface area contributed by atoms with Crippen LogP contribution in [0.15, 0.2) is 17.0 Å². The maximum absolute atomic E-state index is 12.4. The molecule has 1 aromatic carbocycles. The number of sulfonamides is 1. The molecule has 6 heteroatoms. The largest absolute Gasteiger partial charge is 0.398 e. The standard InChI is InChI=1S/C13H22N2O3S/c1-9-6-11(14)10(2)12(7-9)19(16,17)15-13(3,4)8-18-5/h6-7,15H,8,14H2,1-5H3. The lowest BCUT2D eigenvalue weighted by atomic mass is 10.1. The fourth-order valence-electron chi connectivity index (χ4n) is 1.94. The van der Waals surface area contributed by atoms with Crippen LogP contribution < -0.4 is 10.5 Å². The van der Waals surface area contributed by atoms with Crippen molar-refractivity contribution in [2.45, 2.75) is 38.1 Å². The van der Waals surface area contributed by atoms with E-state index in [0.717, 1.165) is 5.56 Å². The molecule has 19 heavy (non-hydrogen) atoms. The average Bonchev–Trinajstić information content (AvgIpc) is 2.21. The van der Waals surface area contributed by atoms with Crippen molar-refractivity contribution in [1.29, 1.82) is 0 Å². The summed E-state index contributed by atoms with van der Waals surface area (Å²) >= 11 is 0. The minimum absolute atomic E-state index is 0.217. The summed E-state index contributed by atoms with van der Waals surface area (Å²) in [4.78, 5) is 0.217. The van der Waals surface area contributed by atoms with Crippen LogP contribution in [0.5, 0.6) is 0 Å². The smallest absolute Gasteiger partial charge is 0.241 e. The number of nitrogen functional groups attached to an aromatic ring is 1. The second-order valence-electron chi connectivity index (χ2n) is 5.40. The molecule has 0 aliphatic rings. The van der Waals surface area contributed by atoms with Gasteiger partial charge >= 0.3 is 0 Å². The fourth-order valence-corrected chi connectivity index (χ4v) is 3.70. The van der Waals surface area contributed by atoms with Crippen molar-refractivity contribution in [3.8, 4) is 0 Å². The normalized spacial score (nSPS) is 12.7. The van der Waals surface area contributed by atoms with Crippen LogP contribution in [0.25, 0.3) is 0 Å². The lowest BCUT2D eigenvalue weighted by molar-refractivity contribution is 0.141. The van der Waals surface area contributed by atoms with E-state index in [2.05, 4.69) is 4.72 Å². The first-order valence-electron chi connectivity index (χ1n) is 5.99. The molecule has 1 rings (SSSR count). The number of hydrogen-bond acceptors (Lipinski definition) is 4. The number of hydrogen-bond donors (Lipinski definition) is 2. The minimum atomic E-state index is -3.63. The minimum Gasteiger partial charge on any atom is -0.398 e. The second kappa shape index (κ2) is 5.48. The maximum atomic E-state index is 12.4. The molecular weight excluding hydrogens is 264 g/mol. The van der Waals surface area contributed by atoms with Crippen LogP contribution in [-0.2, 0) is 14.8 Å². The summed E-state index contributed by atoms with van der Waals surface area (Å²) in [5.41, 5.74) is 6.99. The molecule has 3 N–H and O–H groups in total. The Morgan fingerprint density at radius 2 is 1.89 bits per heavy atom. The van der Waals surface area contributed by atoms with E-state index in [9.17, 15) is 8.42 Å². The molecule has 0 aliphatic heterocycles. The predicted molar refractivity (Wildman–Crippen MR) is 76.6 cm³/mol. The monoisotopic (exact) mass is 286 g/mol. The van der Waals surface area contributed by atoms with Gasteiger partial charge in [0, 0.05) is 12.8 Å². The number of anilines is 1. The van der Waals surface area contributed by atoms with Gasteiger partial charge in [-0.3, -0.25) is 0 Å². The molecule has 0 radical (unpaired) electrons. The van der Waals surface area contributed by atoms with Crippen molar-refractivity contribution < 1.29 is 13.2 Å². The summed E-state index contributed by atoms with van der Waals surface area (Å²) in [6, 6.07) is 3.38. The molecule has 0 aromatic heterocycles. The van der Waals surface area contributed by atoms with Gasteiger partial charge in [0.25, 0.3) is 0 Å². The Labute approximate surface area is 115 Å². The highest BCUT2D eigenvalue weighted by Crippen LogP contribution is 2.24. The van der Waals surface area contributed by atoms with E-state index in [4.69, 9.17) is 10.5 Å². The highest BCUT2D eigenvalue weighted by molar-refractivity contribution is 7.89. The third kappa shape index (κ3) is 3.92. The summed E-state index contributed by atoms with van der Waals surface area (Å²) in [5, 5.41) is 0. The van der Waals surface area contributed by atoms with Gasteiger partial charge in [-0.1, -0.05) is 0 Å². The molecule has 0 spiro atoms. The Bertz CT molecular complexity index is 565. The maximum Gasteiger partial charge on any atom is 0.241 e. The summed E-state index contributed by atoms with van der Waals surface area (Å²) < 4.78 is 32.5. The van der Waals surface area contributed by atoms with Crippen LogP contribution in [0, 0.1) is 13.8 Å². The van der Waals surface area contributed by atoms with Gasteiger partial charge in [0.1, 0.15) is 0 Å². The molecule has 1 aromatic rings. The third-order valence-corrected chi connectivity index (χ3v) is 4.57. The van der Waals surface area contributed by atoms with Crippen molar-refractivity contribution in [1.82, 2.24) is 4.72 Å². The molecule has 0 unspecified atom stereocenters. The second-order valence-corrected chi connectivity index (χ2v) is 7.05. The van der Waals surface area contributed by atoms with Crippen molar-refractivity contribution in [2.24, 2.45) is 0 Å². The van der Waals surface area contributed by atoms with Gasteiger partial charge in [0.05, 0.1) is 17.0 Å². The van der Waals surface area contributed by atoms with Gasteiger partial charge in [0.15, 0.2) is 0 Å². The number of ether oxygens (including phenoxy) is 1. The van der Waals surface area contributed by atoms with Gasteiger partial charge in [-0.25, -0.2) is 13.1 Å². The molecule has 5 nitrogen and oxygen atoms in total. The summed E-state index contributed by atoms with van der Waals surface area (Å²) in [6.07, 6.45) is 0. The highest BCUT2D eigenvalue weighted by atomic mass is 32.2. The molecule has 0 amide bonds. The Morgan fingerprint density at radius 1 is 1.32 bits per heavy atom. The van der Waals surface area contributed by atoms with E-state index in [1.807, 2.05) is 6.92 Å². The number of benzene rings is 1. The van der Waals surface area contributed by atoms with Crippen molar-refractivity contribution >= 4 is 15.7 Å². The van der Waals surface area contributed by atoms with Crippen LogP contribution in [-0.4, -0.2) is 27.7 Å². The zero-order valence-electron chi connectivity index (χ0n) is 12.1. The van der Waals surface area contributed by atoms with E-state index < -0.39 is 15.6 Å². The lowest BCUT2D eigenvalue weighted by Crippen LogP contribution is -2.46. The Hall–Kier alpha value is -1.11. The van der Waals surface area contributed by atoms with Gasteiger partial charge in [0.2, 0.25) is 10.0 Å². The third-order valence-electron chi connectivity index (χ3n) is 2.75. The number of nitrogens with two attached hydrogens (primary N) is 1. The summed E-state index contributed by atoms with van der Waals surface area (Å²) in [7, 11) is -2.09. The van der Waals surface area contributed by atoms with Crippen LogP contribution in [0.4, 0.5) is 5.69 Å². The molecule has 0 saturated heterocycles. The summed E-state index contributed by atoms with van der Waals surface area (Å²) in [6.45, 7) is 7.33. The van der Waals surface area contributed by atoms with Gasteiger partial charge in [-0.2, -0.15) is 0 Å². The molecule has 0 aliphatic carbocycles. The lowest BCUT2D eigenvalue weighted by Gasteiger charge is -2.25. The Balaban J connectivity index is 3.22. The van der Waals surface area contributed by atoms with Crippen LogP contribution >= 0.6 is 0 Å². The van der Waals surface area contributed by atoms with E-state index in [1.165, 1.54) is 7.11 Å². The summed E-state index contributed by atoms with van der Waals surface area (Å²) in [5.74, 6) is 0. The van der Waals surface area contributed by atoms with E-state index in [-0.39, 0.29) is 11.5 Å². The van der Waals surface area contributed by atoms with Crippen LogP contribution in [0.3, 0.4) is 0 Å². The molecule has 108 valence electrons. The van der Waals surface area contributed by atoms with E-state index in [1.54, 1.807) is 32.9 Å². The topological polar surface area (TPSA) is 81.4 Å². The number of nitrogens with one attached hydrogen (secondary N) is 1.